The number of carbonyl (C=O) groups excluding carboxylic acids is 1. The number of carbonyl (C=O) groups is 1. The van der Waals surface area contributed by atoms with Crippen LogP contribution in [0.25, 0.3) is 0 Å². The second-order valence-electron chi connectivity index (χ2n) is 4.94. The fourth-order valence-electron chi connectivity index (χ4n) is 1.78. The van der Waals surface area contributed by atoms with Crippen LogP contribution in [0.3, 0.4) is 0 Å². The second-order valence-corrected chi connectivity index (χ2v) is 5.82. The van der Waals surface area contributed by atoms with Gasteiger partial charge in [0.25, 0.3) is 0 Å². The Balaban J connectivity index is 2.44. The van der Waals surface area contributed by atoms with Gasteiger partial charge in [-0.15, -0.1) is 11.8 Å². The Kier molecular flexibility index (Phi) is 6.95. The van der Waals surface area contributed by atoms with Crippen molar-refractivity contribution in [3.8, 4) is 0 Å². The highest BCUT2D eigenvalue weighted by Gasteiger charge is 2.10. The molecule has 0 spiro atoms. The number of rotatable bonds is 7. The fraction of sp³-hybridized carbons (Fsp3) is 0.533. The van der Waals surface area contributed by atoms with Crippen LogP contribution in [0.2, 0.25) is 0 Å². The van der Waals surface area contributed by atoms with Gasteiger partial charge >= 0.3 is 0 Å². The SMILES string of the molecule is CSc1ccc(C(C)NC(=O)CCC(C)CN)cc1. The van der Waals surface area contributed by atoms with E-state index in [1.54, 1.807) is 11.8 Å². The fourth-order valence-corrected chi connectivity index (χ4v) is 2.19. The Morgan fingerprint density at radius 1 is 1.32 bits per heavy atom. The summed E-state index contributed by atoms with van der Waals surface area (Å²) in [6.45, 7) is 4.72. The maximum Gasteiger partial charge on any atom is 0.220 e. The van der Waals surface area contributed by atoms with Crippen molar-refractivity contribution in [3.63, 3.8) is 0 Å². The molecule has 1 amide bonds. The minimum absolute atomic E-state index is 0.0524. The Labute approximate surface area is 120 Å². The highest BCUT2D eigenvalue weighted by molar-refractivity contribution is 7.98. The molecule has 0 aliphatic heterocycles. The second kappa shape index (κ2) is 8.23. The summed E-state index contributed by atoms with van der Waals surface area (Å²) >= 11 is 1.72. The summed E-state index contributed by atoms with van der Waals surface area (Å²) in [5.74, 6) is 0.503. The third kappa shape index (κ3) is 5.66. The van der Waals surface area contributed by atoms with E-state index in [2.05, 4.69) is 42.8 Å². The first-order valence-corrected chi connectivity index (χ1v) is 7.92. The van der Waals surface area contributed by atoms with E-state index in [1.807, 2.05) is 6.92 Å². The van der Waals surface area contributed by atoms with E-state index in [1.165, 1.54) is 4.90 Å². The van der Waals surface area contributed by atoms with E-state index >= 15 is 0 Å². The Bertz CT molecular complexity index is 392. The summed E-state index contributed by atoms with van der Waals surface area (Å²) in [7, 11) is 0. The summed E-state index contributed by atoms with van der Waals surface area (Å²) in [4.78, 5) is 13.0. The third-order valence-electron chi connectivity index (χ3n) is 3.26. The van der Waals surface area contributed by atoms with Gasteiger partial charge in [0.05, 0.1) is 6.04 Å². The zero-order chi connectivity index (χ0) is 14.3. The molecule has 1 rings (SSSR count). The van der Waals surface area contributed by atoms with E-state index in [-0.39, 0.29) is 11.9 Å². The van der Waals surface area contributed by atoms with E-state index in [4.69, 9.17) is 5.73 Å². The molecule has 0 saturated heterocycles. The Hall–Kier alpha value is -1.00. The average molecular weight is 280 g/mol. The highest BCUT2D eigenvalue weighted by Crippen LogP contribution is 2.19. The minimum atomic E-state index is 0.0524. The van der Waals surface area contributed by atoms with Gasteiger partial charge in [0, 0.05) is 11.3 Å². The molecule has 0 aliphatic carbocycles. The molecule has 0 radical (unpaired) electrons. The normalized spacial score (nSPS) is 13.9. The molecule has 0 saturated carbocycles. The van der Waals surface area contributed by atoms with Crippen LogP contribution in [-0.4, -0.2) is 18.7 Å². The largest absolute Gasteiger partial charge is 0.350 e. The summed E-state index contributed by atoms with van der Waals surface area (Å²) in [5, 5.41) is 3.03. The van der Waals surface area contributed by atoms with Crippen molar-refractivity contribution in [2.24, 2.45) is 11.7 Å². The van der Waals surface area contributed by atoms with Gasteiger partial charge in [-0.05, 0) is 49.8 Å². The molecule has 2 atom stereocenters. The summed E-state index contributed by atoms with van der Waals surface area (Å²) in [6.07, 6.45) is 3.45. The summed E-state index contributed by atoms with van der Waals surface area (Å²) < 4.78 is 0. The van der Waals surface area contributed by atoms with Crippen LogP contribution in [0, 0.1) is 5.92 Å². The Morgan fingerprint density at radius 2 is 1.95 bits per heavy atom. The van der Waals surface area contributed by atoms with Gasteiger partial charge in [-0.3, -0.25) is 4.79 Å². The first kappa shape index (κ1) is 16.1. The lowest BCUT2D eigenvalue weighted by molar-refractivity contribution is -0.122. The maximum atomic E-state index is 11.8. The lowest BCUT2D eigenvalue weighted by Crippen LogP contribution is -2.27. The molecule has 19 heavy (non-hydrogen) atoms. The number of nitrogens with two attached hydrogens (primary N) is 1. The van der Waals surface area contributed by atoms with Crippen LogP contribution in [0.4, 0.5) is 0 Å². The molecule has 0 bridgehead atoms. The molecule has 4 heteroatoms. The van der Waals surface area contributed by atoms with E-state index in [0.29, 0.717) is 18.9 Å². The lowest BCUT2D eigenvalue weighted by atomic mass is 10.0. The van der Waals surface area contributed by atoms with Gasteiger partial charge < -0.3 is 11.1 Å². The number of hydrogen-bond donors (Lipinski definition) is 2. The van der Waals surface area contributed by atoms with E-state index in [9.17, 15) is 4.79 Å². The van der Waals surface area contributed by atoms with Crippen LogP contribution >= 0.6 is 11.8 Å². The van der Waals surface area contributed by atoms with Crippen LogP contribution in [0.5, 0.6) is 0 Å². The number of hydrogen-bond acceptors (Lipinski definition) is 3. The van der Waals surface area contributed by atoms with Crippen LogP contribution < -0.4 is 11.1 Å². The number of amides is 1. The highest BCUT2D eigenvalue weighted by atomic mass is 32.2. The van der Waals surface area contributed by atoms with Crippen molar-refractivity contribution in [1.29, 1.82) is 0 Å². The number of benzene rings is 1. The Morgan fingerprint density at radius 3 is 2.47 bits per heavy atom. The van der Waals surface area contributed by atoms with Crippen molar-refractivity contribution in [3.05, 3.63) is 29.8 Å². The van der Waals surface area contributed by atoms with Crippen LogP contribution in [0.1, 0.15) is 38.3 Å². The quantitative estimate of drug-likeness (QED) is 0.755. The van der Waals surface area contributed by atoms with Crippen LogP contribution in [-0.2, 0) is 4.79 Å². The molecule has 3 N–H and O–H groups in total. The molecular formula is C15H24N2OS. The number of nitrogens with one attached hydrogen (secondary N) is 1. The van der Waals surface area contributed by atoms with Crippen molar-refractivity contribution in [1.82, 2.24) is 5.32 Å². The first-order valence-electron chi connectivity index (χ1n) is 6.70. The predicted octanol–water partition coefficient (Wildman–Crippen LogP) is 2.96. The molecule has 106 valence electrons. The monoisotopic (exact) mass is 280 g/mol. The van der Waals surface area contributed by atoms with Gasteiger partial charge in [-0.25, -0.2) is 0 Å². The average Bonchev–Trinajstić information content (AvgIpc) is 2.44. The van der Waals surface area contributed by atoms with E-state index in [0.717, 1.165) is 12.0 Å². The van der Waals surface area contributed by atoms with Gasteiger partial charge in [-0.2, -0.15) is 0 Å². The van der Waals surface area contributed by atoms with Crippen molar-refractivity contribution in [2.75, 3.05) is 12.8 Å². The smallest absolute Gasteiger partial charge is 0.220 e. The summed E-state index contributed by atoms with van der Waals surface area (Å²) in [6, 6.07) is 8.35. The minimum Gasteiger partial charge on any atom is -0.350 e. The molecular weight excluding hydrogens is 256 g/mol. The van der Waals surface area contributed by atoms with Gasteiger partial charge in [0.15, 0.2) is 0 Å². The molecule has 3 nitrogen and oxygen atoms in total. The molecule has 0 aliphatic rings. The van der Waals surface area contributed by atoms with Crippen molar-refractivity contribution in [2.45, 2.75) is 37.6 Å². The van der Waals surface area contributed by atoms with Crippen molar-refractivity contribution >= 4 is 17.7 Å². The molecule has 0 aromatic heterocycles. The molecule has 2 unspecified atom stereocenters. The standard InChI is InChI=1S/C15H24N2OS/c1-11(10-16)4-9-15(18)17-12(2)13-5-7-14(19-3)8-6-13/h5-8,11-12H,4,9-10,16H2,1-3H3,(H,17,18). The third-order valence-corrected chi connectivity index (χ3v) is 4.00. The molecule has 1 aromatic rings. The summed E-state index contributed by atoms with van der Waals surface area (Å²) in [5.41, 5.74) is 6.68. The van der Waals surface area contributed by atoms with Crippen LogP contribution in [0.15, 0.2) is 29.2 Å². The predicted molar refractivity (Wildman–Crippen MR) is 82.2 cm³/mol. The van der Waals surface area contributed by atoms with Gasteiger partial charge in [0.1, 0.15) is 0 Å². The maximum absolute atomic E-state index is 11.8. The zero-order valence-electron chi connectivity index (χ0n) is 12.0. The molecule has 1 aromatic carbocycles. The van der Waals surface area contributed by atoms with Crippen molar-refractivity contribution < 1.29 is 4.79 Å². The molecule has 0 heterocycles. The van der Waals surface area contributed by atoms with Gasteiger partial charge in [0.2, 0.25) is 5.91 Å². The zero-order valence-corrected chi connectivity index (χ0v) is 12.8. The topological polar surface area (TPSA) is 55.1 Å². The molecule has 0 fully saturated rings. The van der Waals surface area contributed by atoms with Gasteiger partial charge in [-0.1, -0.05) is 19.1 Å². The van der Waals surface area contributed by atoms with E-state index < -0.39 is 0 Å². The lowest BCUT2D eigenvalue weighted by Gasteiger charge is -2.15. The first-order chi connectivity index (χ1) is 9.06. The number of thioether (sulfide) groups is 1.